The van der Waals surface area contributed by atoms with E-state index in [-0.39, 0.29) is 12.1 Å². The van der Waals surface area contributed by atoms with Gasteiger partial charge in [0.1, 0.15) is 4.88 Å². The first-order valence-electron chi connectivity index (χ1n) is 8.04. The topological polar surface area (TPSA) is 35.5 Å². The highest BCUT2D eigenvalue weighted by molar-refractivity contribution is 7.14. The zero-order chi connectivity index (χ0) is 15.1. The molecule has 118 valence electrons. The van der Waals surface area contributed by atoms with E-state index in [2.05, 4.69) is 0 Å². The minimum atomic E-state index is -0.226. The number of rotatable bonds is 7. The van der Waals surface area contributed by atoms with Crippen molar-refractivity contribution in [3.63, 3.8) is 0 Å². The number of thiophene rings is 1. The number of ether oxygens (including phenoxy) is 2. The van der Waals surface area contributed by atoms with Crippen LogP contribution >= 0.6 is 11.3 Å². The molecule has 4 heteroatoms. The Labute approximate surface area is 131 Å². The van der Waals surface area contributed by atoms with Gasteiger partial charge in [0.25, 0.3) is 0 Å². The molecule has 1 unspecified atom stereocenters. The Bertz CT molecular complexity index is 435. The third-order valence-electron chi connectivity index (χ3n) is 4.27. The van der Waals surface area contributed by atoms with Crippen LogP contribution in [-0.4, -0.2) is 19.7 Å². The van der Waals surface area contributed by atoms with Crippen molar-refractivity contribution in [3.05, 3.63) is 21.9 Å². The molecule has 3 nitrogen and oxygen atoms in total. The first-order chi connectivity index (χ1) is 10.2. The summed E-state index contributed by atoms with van der Waals surface area (Å²) in [5.41, 5.74) is 0. The van der Waals surface area contributed by atoms with Gasteiger partial charge in [-0.15, -0.1) is 11.3 Å². The summed E-state index contributed by atoms with van der Waals surface area (Å²) in [6, 6.07) is 3.86. The SMILES string of the molecule is CCOC(=O)c1ccc(C(CCC2CCCCC2)OC)s1. The Morgan fingerprint density at radius 1 is 1.33 bits per heavy atom. The molecule has 1 aliphatic carbocycles. The second-order valence-electron chi connectivity index (χ2n) is 5.73. The van der Waals surface area contributed by atoms with Gasteiger partial charge in [-0.1, -0.05) is 32.1 Å². The molecule has 1 aliphatic rings. The Morgan fingerprint density at radius 2 is 2.10 bits per heavy atom. The van der Waals surface area contributed by atoms with Crippen molar-refractivity contribution in [3.8, 4) is 0 Å². The van der Waals surface area contributed by atoms with E-state index < -0.39 is 0 Å². The molecule has 0 aliphatic heterocycles. The molecule has 1 aromatic heterocycles. The van der Waals surface area contributed by atoms with Crippen molar-refractivity contribution in [1.29, 1.82) is 0 Å². The quantitative estimate of drug-likeness (QED) is 0.667. The van der Waals surface area contributed by atoms with Crippen molar-refractivity contribution in [2.24, 2.45) is 5.92 Å². The zero-order valence-corrected chi connectivity index (χ0v) is 13.9. The minimum absolute atomic E-state index is 0.111. The number of hydrogen-bond donors (Lipinski definition) is 0. The molecule has 1 saturated carbocycles. The lowest BCUT2D eigenvalue weighted by molar-refractivity contribution is 0.0532. The molecule has 0 spiro atoms. The van der Waals surface area contributed by atoms with Crippen LogP contribution < -0.4 is 0 Å². The number of hydrogen-bond acceptors (Lipinski definition) is 4. The predicted molar refractivity (Wildman–Crippen MR) is 85.8 cm³/mol. The fourth-order valence-corrected chi connectivity index (χ4v) is 4.09. The van der Waals surface area contributed by atoms with Gasteiger partial charge < -0.3 is 9.47 Å². The van der Waals surface area contributed by atoms with Crippen LogP contribution in [0.2, 0.25) is 0 Å². The van der Waals surface area contributed by atoms with Gasteiger partial charge in [0, 0.05) is 12.0 Å². The van der Waals surface area contributed by atoms with Gasteiger partial charge in [-0.2, -0.15) is 0 Å². The van der Waals surface area contributed by atoms with E-state index in [1.165, 1.54) is 49.9 Å². The summed E-state index contributed by atoms with van der Waals surface area (Å²) in [7, 11) is 1.76. The molecular weight excluding hydrogens is 284 g/mol. The lowest BCUT2D eigenvalue weighted by Gasteiger charge is -2.23. The monoisotopic (exact) mass is 310 g/mol. The van der Waals surface area contributed by atoms with Gasteiger partial charge in [0.15, 0.2) is 0 Å². The molecule has 1 aromatic rings. The van der Waals surface area contributed by atoms with Crippen LogP contribution in [0.25, 0.3) is 0 Å². The molecule has 1 atom stereocenters. The Morgan fingerprint density at radius 3 is 2.76 bits per heavy atom. The van der Waals surface area contributed by atoms with Crippen LogP contribution in [0.5, 0.6) is 0 Å². The average molecular weight is 310 g/mol. The standard InChI is InChI=1S/C17H26O3S/c1-3-20-17(18)16-12-11-15(21-16)14(19-2)10-9-13-7-5-4-6-8-13/h11-14H,3-10H2,1-2H3. The Balaban J connectivity index is 1.89. The molecular formula is C17H26O3S. The van der Waals surface area contributed by atoms with Crippen LogP contribution in [0.4, 0.5) is 0 Å². The second kappa shape index (κ2) is 8.54. The molecule has 0 saturated heterocycles. The highest BCUT2D eigenvalue weighted by Gasteiger charge is 2.20. The summed E-state index contributed by atoms with van der Waals surface area (Å²) >= 11 is 1.50. The van der Waals surface area contributed by atoms with Gasteiger partial charge in [-0.25, -0.2) is 4.79 Å². The van der Waals surface area contributed by atoms with E-state index in [1.807, 2.05) is 19.1 Å². The van der Waals surface area contributed by atoms with E-state index in [4.69, 9.17) is 9.47 Å². The summed E-state index contributed by atoms with van der Waals surface area (Å²) in [6.45, 7) is 2.25. The third-order valence-corrected chi connectivity index (χ3v) is 5.42. The number of methoxy groups -OCH3 is 1. The van der Waals surface area contributed by atoms with Gasteiger partial charge in [0.2, 0.25) is 0 Å². The number of carbonyl (C=O) groups is 1. The van der Waals surface area contributed by atoms with E-state index in [0.717, 1.165) is 17.2 Å². The highest BCUT2D eigenvalue weighted by Crippen LogP contribution is 2.34. The molecule has 0 amide bonds. The first-order valence-corrected chi connectivity index (χ1v) is 8.86. The summed E-state index contributed by atoms with van der Waals surface area (Å²) < 4.78 is 10.7. The minimum Gasteiger partial charge on any atom is -0.462 e. The fraction of sp³-hybridized carbons (Fsp3) is 0.706. The van der Waals surface area contributed by atoms with Crippen molar-refractivity contribution < 1.29 is 14.3 Å². The maximum Gasteiger partial charge on any atom is 0.348 e. The van der Waals surface area contributed by atoms with Crippen LogP contribution in [0, 0.1) is 5.92 Å². The van der Waals surface area contributed by atoms with Crippen molar-refractivity contribution >= 4 is 17.3 Å². The third kappa shape index (κ3) is 4.82. The maximum atomic E-state index is 11.7. The van der Waals surface area contributed by atoms with Gasteiger partial charge in [-0.05, 0) is 37.8 Å². The van der Waals surface area contributed by atoms with Crippen molar-refractivity contribution in [1.82, 2.24) is 0 Å². The molecule has 0 N–H and O–H groups in total. The maximum absolute atomic E-state index is 11.7. The summed E-state index contributed by atoms with van der Waals surface area (Å²) in [4.78, 5) is 13.5. The van der Waals surface area contributed by atoms with E-state index in [9.17, 15) is 4.79 Å². The number of carbonyl (C=O) groups excluding carboxylic acids is 1. The van der Waals surface area contributed by atoms with Crippen LogP contribution in [0.3, 0.4) is 0 Å². The van der Waals surface area contributed by atoms with Gasteiger partial charge in [0.05, 0.1) is 12.7 Å². The first kappa shape index (κ1) is 16.5. The number of esters is 1. The largest absolute Gasteiger partial charge is 0.462 e. The van der Waals surface area contributed by atoms with Crippen LogP contribution in [0.15, 0.2) is 12.1 Å². The van der Waals surface area contributed by atoms with Crippen LogP contribution in [0.1, 0.15) is 72.5 Å². The Hall–Kier alpha value is -0.870. The van der Waals surface area contributed by atoms with E-state index in [0.29, 0.717) is 11.5 Å². The average Bonchev–Trinajstić information content (AvgIpc) is 2.99. The summed E-state index contributed by atoms with van der Waals surface area (Å²) in [6.07, 6.45) is 9.29. The molecule has 1 fully saturated rings. The molecule has 21 heavy (non-hydrogen) atoms. The fourth-order valence-electron chi connectivity index (χ4n) is 3.08. The lowest BCUT2D eigenvalue weighted by Crippen LogP contribution is -2.09. The van der Waals surface area contributed by atoms with Gasteiger partial charge in [-0.3, -0.25) is 0 Å². The van der Waals surface area contributed by atoms with E-state index in [1.54, 1.807) is 7.11 Å². The molecule has 0 radical (unpaired) electrons. The highest BCUT2D eigenvalue weighted by atomic mass is 32.1. The predicted octanol–water partition coefficient (Wildman–Crippen LogP) is 4.97. The van der Waals surface area contributed by atoms with Crippen molar-refractivity contribution in [2.45, 2.75) is 58.0 Å². The summed E-state index contributed by atoms with van der Waals surface area (Å²) in [5.74, 6) is 0.636. The second-order valence-corrected chi connectivity index (χ2v) is 6.84. The zero-order valence-electron chi connectivity index (χ0n) is 13.1. The smallest absolute Gasteiger partial charge is 0.348 e. The van der Waals surface area contributed by atoms with Crippen molar-refractivity contribution in [2.75, 3.05) is 13.7 Å². The summed E-state index contributed by atoms with van der Waals surface area (Å²) in [5, 5.41) is 0. The molecule has 0 bridgehead atoms. The van der Waals surface area contributed by atoms with Crippen LogP contribution in [-0.2, 0) is 9.47 Å². The normalized spacial score (nSPS) is 17.6. The van der Waals surface area contributed by atoms with Gasteiger partial charge >= 0.3 is 5.97 Å². The van der Waals surface area contributed by atoms with E-state index >= 15 is 0 Å². The lowest BCUT2D eigenvalue weighted by atomic mass is 9.85. The molecule has 0 aromatic carbocycles. The molecule has 2 rings (SSSR count). The molecule has 1 heterocycles. The Kier molecular flexibility index (Phi) is 6.71.